The molecule has 4 heterocycles. The van der Waals surface area contributed by atoms with Gasteiger partial charge in [0.1, 0.15) is 0 Å². The van der Waals surface area contributed by atoms with Crippen molar-refractivity contribution in [2.75, 3.05) is 13.1 Å². The summed E-state index contributed by atoms with van der Waals surface area (Å²) in [5, 5.41) is 13.8. The Balaban J connectivity index is 1.75. The first-order valence-electron chi connectivity index (χ1n) is 9.21. The van der Waals surface area contributed by atoms with E-state index in [-0.39, 0.29) is 11.8 Å². The van der Waals surface area contributed by atoms with Crippen molar-refractivity contribution in [3.8, 4) is 11.3 Å². The van der Waals surface area contributed by atoms with Crippen LogP contribution in [0.1, 0.15) is 38.6 Å². The molecule has 0 saturated carbocycles. The molecule has 0 unspecified atom stereocenters. The Kier molecular flexibility index (Phi) is 4.66. The number of aryl methyl sites for hydroxylation is 3. The quantitative estimate of drug-likeness (QED) is 0.719. The fraction of sp³-hybridized carbons (Fsp3) is 0.400. The summed E-state index contributed by atoms with van der Waals surface area (Å²) in [5.41, 5.74) is 3.15. The summed E-state index contributed by atoms with van der Waals surface area (Å²) in [6, 6.07) is 3.87. The number of rotatable bonds is 3. The lowest BCUT2D eigenvalue weighted by molar-refractivity contribution is -0.143. The first-order chi connectivity index (χ1) is 13.3. The molecule has 0 aromatic carbocycles. The van der Waals surface area contributed by atoms with E-state index in [1.54, 1.807) is 23.2 Å². The molecule has 1 saturated heterocycles. The Hall–Kier alpha value is -2.74. The zero-order valence-corrected chi connectivity index (χ0v) is 16.8. The van der Waals surface area contributed by atoms with Crippen LogP contribution in [0.2, 0.25) is 0 Å². The van der Waals surface area contributed by atoms with Crippen LogP contribution in [0.3, 0.4) is 0 Å². The molecule has 1 amide bonds. The minimum Gasteiger partial charge on any atom is -0.481 e. The van der Waals surface area contributed by atoms with Crippen LogP contribution in [0.5, 0.6) is 0 Å². The minimum absolute atomic E-state index is 0.131. The Labute approximate surface area is 166 Å². The lowest BCUT2D eigenvalue weighted by Gasteiger charge is -2.30. The molecule has 0 radical (unpaired) electrons. The van der Waals surface area contributed by atoms with Gasteiger partial charge in [0.2, 0.25) is 0 Å². The maximum absolute atomic E-state index is 13.3. The standard InChI is InChI=1S/C20H21N3O4S/c1-10-8-14(12(3)28-10)16-9-15(17-11(2)22-27-18(17)21-16)19(24)23-6-4-13(5-7-23)20(25)26/h8-9,13H,4-7H2,1-3H3,(H,25,26). The average molecular weight is 399 g/mol. The summed E-state index contributed by atoms with van der Waals surface area (Å²) >= 11 is 1.68. The highest BCUT2D eigenvalue weighted by Gasteiger charge is 2.30. The van der Waals surface area contributed by atoms with Gasteiger partial charge in [0, 0.05) is 28.4 Å². The van der Waals surface area contributed by atoms with Crippen LogP contribution >= 0.6 is 11.3 Å². The number of nitrogens with zero attached hydrogens (tertiary/aromatic N) is 3. The molecule has 0 aliphatic carbocycles. The molecule has 8 heteroatoms. The van der Waals surface area contributed by atoms with Crippen molar-refractivity contribution in [3.05, 3.63) is 33.1 Å². The van der Waals surface area contributed by atoms with Gasteiger partial charge in [-0.25, -0.2) is 4.98 Å². The van der Waals surface area contributed by atoms with E-state index in [1.807, 2.05) is 19.9 Å². The van der Waals surface area contributed by atoms with E-state index in [4.69, 9.17) is 4.52 Å². The van der Waals surface area contributed by atoms with Gasteiger partial charge in [0.05, 0.1) is 28.3 Å². The maximum Gasteiger partial charge on any atom is 0.306 e. The van der Waals surface area contributed by atoms with E-state index in [1.165, 1.54) is 4.88 Å². The molecule has 1 aliphatic rings. The molecule has 3 aromatic heterocycles. The van der Waals surface area contributed by atoms with Crippen LogP contribution in [0.15, 0.2) is 16.7 Å². The number of thiophene rings is 1. The predicted octanol–water partition coefficient (Wildman–Crippen LogP) is 3.81. The number of likely N-dealkylation sites (tertiary alicyclic amines) is 1. The van der Waals surface area contributed by atoms with E-state index in [9.17, 15) is 14.7 Å². The largest absolute Gasteiger partial charge is 0.481 e. The Morgan fingerprint density at radius 3 is 2.54 bits per heavy atom. The van der Waals surface area contributed by atoms with Gasteiger partial charge < -0.3 is 14.5 Å². The van der Waals surface area contributed by atoms with Crippen LogP contribution in [0.4, 0.5) is 0 Å². The number of carboxylic acids is 1. The summed E-state index contributed by atoms with van der Waals surface area (Å²) < 4.78 is 5.38. The van der Waals surface area contributed by atoms with Crippen LogP contribution in [0.25, 0.3) is 22.4 Å². The second kappa shape index (κ2) is 7.01. The highest BCUT2D eigenvalue weighted by atomic mass is 32.1. The smallest absolute Gasteiger partial charge is 0.306 e. The zero-order chi connectivity index (χ0) is 20.0. The first kappa shape index (κ1) is 18.6. The number of carbonyl (C=O) groups excluding carboxylic acids is 1. The average Bonchev–Trinajstić information content (AvgIpc) is 3.22. The zero-order valence-electron chi connectivity index (χ0n) is 16.0. The SMILES string of the molecule is Cc1cc(-c2cc(C(=O)N3CCC(C(=O)O)CC3)c3c(C)noc3n2)c(C)s1. The molecule has 0 atom stereocenters. The summed E-state index contributed by atoms with van der Waals surface area (Å²) in [6.07, 6.45) is 0.932. The second-order valence-electron chi connectivity index (χ2n) is 7.23. The van der Waals surface area contributed by atoms with Crippen molar-refractivity contribution >= 4 is 34.3 Å². The van der Waals surface area contributed by atoms with Gasteiger partial charge >= 0.3 is 5.97 Å². The number of pyridine rings is 1. The number of aliphatic carboxylic acids is 1. The third-order valence-corrected chi connectivity index (χ3v) is 6.26. The van der Waals surface area contributed by atoms with E-state index in [0.717, 1.165) is 10.4 Å². The third-order valence-electron chi connectivity index (χ3n) is 5.30. The molecule has 1 fully saturated rings. The van der Waals surface area contributed by atoms with Gasteiger partial charge in [0.25, 0.3) is 11.6 Å². The maximum atomic E-state index is 13.3. The van der Waals surface area contributed by atoms with Crippen molar-refractivity contribution in [1.29, 1.82) is 0 Å². The summed E-state index contributed by atoms with van der Waals surface area (Å²) in [5.74, 6) is -1.31. The van der Waals surface area contributed by atoms with E-state index in [0.29, 0.717) is 54.0 Å². The molecule has 0 spiro atoms. The lowest BCUT2D eigenvalue weighted by Crippen LogP contribution is -2.40. The highest BCUT2D eigenvalue weighted by Crippen LogP contribution is 2.33. The monoisotopic (exact) mass is 399 g/mol. The molecule has 146 valence electrons. The van der Waals surface area contributed by atoms with Gasteiger partial charge in [-0.05, 0) is 45.7 Å². The minimum atomic E-state index is -0.793. The van der Waals surface area contributed by atoms with Gasteiger partial charge in [-0.2, -0.15) is 0 Å². The number of fused-ring (bicyclic) bond motifs is 1. The third kappa shape index (κ3) is 3.17. The molecule has 28 heavy (non-hydrogen) atoms. The predicted molar refractivity (Wildman–Crippen MR) is 106 cm³/mol. The summed E-state index contributed by atoms with van der Waals surface area (Å²) in [7, 11) is 0. The van der Waals surface area contributed by atoms with E-state index in [2.05, 4.69) is 16.2 Å². The normalized spacial score (nSPS) is 15.3. The number of amides is 1. The second-order valence-corrected chi connectivity index (χ2v) is 8.70. The molecule has 0 bridgehead atoms. The summed E-state index contributed by atoms with van der Waals surface area (Å²) in [4.78, 5) is 33.1. The van der Waals surface area contributed by atoms with Crippen LogP contribution in [-0.4, -0.2) is 45.1 Å². The van der Waals surface area contributed by atoms with E-state index >= 15 is 0 Å². The van der Waals surface area contributed by atoms with Crippen molar-refractivity contribution in [3.63, 3.8) is 0 Å². The van der Waals surface area contributed by atoms with Crippen molar-refractivity contribution in [1.82, 2.24) is 15.0 Å². The fourth-order valence-electron chi connectivity index (χ4n) is 3.79. The number of hydrogen-bond acceptors (Lipinski definition) is 6. The lowest BCUT2D eigenvalue weighted by atomic mass is 9.96. The van der Waals surface area contributed by atoms with Crippen molar-refractivity contribution in [2.45, 2.75) is 33.6 Å². The number of aromatic nitrogens is 2. The molecule has 4 rings (SSSR count). The molecular formula is C20H21N3O4S. The van der Waals surface area contributed by atoms with Gasteiger partial charge in [-0.15, -0.1) is 11.3 Å². The molecule has 1 N–H and O–H groups in total. The van der Waals surface area contributed by atoms with Crippen molar-refractivity contribution in [2.24, 2.45) is 5.92 Å². The molecule has 3 aromatic rings. The topological polar surface area (TPSA) is 96.5 Å². The Morgan fingerprint density at radius 2 is 1.93 bits per heavy atom. The molecule has 7 nitrogen and oxygen atoms in total. The van der Waals surface area contributed by atoms with Gasteiger partial charge in [-0.1, -0.05) is 5.16 Å². The first-order valence-corrected chi connectivity index (χ1v) is 10.0. The highest BCUT2D eigenvalue weighted by molar-refractivity contribution is 7.12. The Morgan fingerprint density at radius 1 is 1.21 bits per heavy atom. The number of piperidine rings is 1. The van der Waals surface area contributed by atoms with Crippen LogP contribution < -0.4 is 0 Å². The van der Waals surface area contributed by atoms with Crippen LogP contribution in [-0.2, 0) is 4.79 Å². The van der Waals surface area contributed by atoms with Gasteiger partial charge in [-0.3, -0.25) is 9.59 Å². The number of hydrogen-bond donors (Lipinski definition) is 1. The number of carbonyl (C=O) groups is 2. The Bertz CT molecular complexity index is 1080. The molecule has 1 aliphatic heterocycles. The van der Waals surface area contributed by atoms with Crippen LogP contribution in [0, 0.1) is 26.7 Å². The molecular weight excluding hydrogens is 378 g/mol. The van der Waals surface area contributed by atoms with E-state index < -0.39 is 5.97 Å². The van der Waals surface area contributed by atoms with Gasteiger partial charge in [0.15, 0.2) is 0 Å². The summed E-state index contributed by atoms with van der Waals surface area (Å²) in [6.45, 7) is 6.71. The number of carboxylic acid groups (broad SMARTS) is 1. The van der Waals surface area contributed by atoms with Crippen molar-refractivity contribution < 1.29 is 19.2 Å². The fourth-order valence-corrected chi connectivity index (χ4v) is 4.72.